The molecule has 0 amide bonds. The molecule has 128 valence electrons. The van der Waals surface area contributed by atoms with E-state index < -0.39 is 20.9 Å². The lowest BCUT2D eigenvalue weighted by atomic mass is 10.1. The van der Waals surface area contributed by atoms with Crippen LogP contribution >= 0.6 is 23.2 Å². The molecule has 7 nitrogen and oxygen atoms in total. The summed E-state index contributed by atoms with van der Waals surface area (Å²) in [7, 11) is -4.15. The molecule has 0 aliphatic heterocycles. The number of carbonyl (C=O) groups is 1. The number of halogens is 2. The van der Waals surface area contributed by atoms with Gasteiger partial charge >= 0.3 is 5.97 Å². The van der Waals surface area contributed by atoms with Gasteiger partial charge in [0.15, 0.2) is 0 Å². The van der Waals surface area contributed by atoms with Gasteiger partial charge in [-0.2, -0.15) is 5.26 Å². The van der Waals surface area contributed by atoms with Gasteiger partial charge in [-0.05, 0) is 18.2 Å². The summed E-state index contributed by atoms with van der Waals surface area (Å²) in [6, 6.07) is 10.4. The van der Waals surface area contributed by atoms with E-state index in [9.17, 15) is 13.2 Å². The van der Waals surface area contributed by atoms with Gasteiger partial charge in [0.1, 0.15) is 4.90 Å². The number of nitriles is 1. The molecule has 0 radical (unpaired) electrons. The predicted molar refractivity (Wildman–Crippen MR) is 92.0 cm³/mol. The zero-order valence-corrected chi connectivity index (χ0v) is 14.6. The third-order valence-electron chi connectivity index (χ3n) is 2.96. The van der Waals surface area contributed by atoms with Crippen LogP contribution in [0.15, 0.2) is 46.4 Å². The summed E-state index contributed by atoms with van der Waals surface area (Å²) in [5.74, 6) is -1.02. The average molecular weight is 398 g/mol. The first-order valence-corrected chi connectivity index (χ1v) is 8.80. The van der Waals surface area contributed by atoms with Crippen molar-refractivity contribution in [2.45, 2.75) is 4.90 Å². The number of primary sulfonamides is 1. The standard InChI is InChI=1S/C15H9Cl2N3O4S/c16-12-6-13(17)14(25(19,22)23)5-11(12)15(21)24-20-8-10-4-2-1-3-9(10)7-18/h1-6,8H,(H2,19,22,23)/b20-8+. The highest BCUT2D eigenvalue weighted by molar-refractivity contribution is 7.89. The van der Waals surface area contributed by atoms with E-state index in [1.54, 1.807) is 24.3 Å². The van der Waals surface area contributed by atoms with Crippen molar-refractivity contribution >= 4 is 45.4 Å². The van der Waals surface area contributed by atoms with Crippen molar-refractivity contribution in [3.05, 3.63) is 63.1 Å². The van der Waals surface area contributed by atoms with Crippen molar-refractivity contribution < 1.29 is 18.0 Å². The van der Waals surface area contributed by atoms with Gasteiger partial charge in [0.2, 0.25) is 10.0 Å². The molecule has 0 spiro atoms. The molecule has 0 atom stereocenters. The van der Waals surface area contributed by atoms with Gasteiger partial charge in [-0.15, -0.1) is 0 Å². The first-order valence-electron chi connectivity index (χ1n) is 6.49. The fourth-order valence-corrected chi connectivity index (χ4v) is 3.19. The first-order chi connectivity index (χ1) is 11.7. The maximum absolute atomic E-state index is 12.0. The molecule has 0 fully saturated rings. The molecule has 2 aromatic rings. The smallest absolute Gasteiger partial charge is 0.313 e. The SMILES string of the molecule is N#Cc1ccccc1/C=N/OC(=O)c1cc(S(N)(=O)=O)c(Cl)cc1Cl. The van der Waals surface area contributed by atoms with Crippen LogP contribution in [0.1, 0.15) is 21.5 Å². The molecule has 0 saturated carbocycles. The van der Waals surface area contributed by atoms with Crippen LogP contribution in [0.3, 0.4) is 0 Å². The molecule has 10 heteroatoms. The van der Waals surface area contributed by atoms with Crippen LogP contribution in [-0.4, -0.2) is 20.6 Å². The number of sulfonamides is 1. The van der Waals surface area contributed by atoms with Crippen molar-refractivity contribution in [1.82, 2.24) is 0 Å². The largest absolute Gasteiger partial charge is 0.367 e. The molecule has 2 rings (SSSR count). The Morgan fingerprint density at radius 1 is 1.24 bits per heavy atom. The van der Waals surface area contributed by atoms with E-state index in [0.717, 1.165) is 12.1 Å². The monoisotopic (exact) mass is 397 g/mol. The Bertz CT molecular complexity index is 1010. The van der Waals surface area contributed by atoms with Gasteiger partial charge in [-0.1, -0.05) is 46.6 Å². The summed E-state index contributed by atoms with van der Waals surface area (Å²) >= 11 is 11.6. The molecule has 2 aromatic carbocycles. The fraction of sp³-hybridized carbons (Fsp3) is 0. The summed E-state index contributed by atoms with van der Waals surface area (Å²) in [5.41, 5.74) is 0.495. The zero-order valence-electron chi connectivity index (χ0n) is 12.3. The van der Waals surface area contributed by atoms with Gasteiger partial charge in [0.05, 0.1) is 33.5 Å². The second-order valence-electron chi connectivity index (χ2n) is 4.62. The number of hydrogen-bond acceptors (Lipinski definition) is 6. The van der Waals surface area contributed by atoms with Crippen molar-refractivity contribution in [2.24, 2.45) is 10.3 Å². The zero-order chi connectivity index (χ0) is 18.6. The molecule has 0 bridgehead atoms. The van der Waals surface area contributed by atoms with Crippen LogP contribution in [0.4, 0.5) is 0 Å². The van der Waals surface area contributed by atoms with Crippen molar-refractivity contribution in [3.63, 3.8) is 0 Å². The summed E-state index contributed by atoms with van der Waals surface area (Å²) in [4.78, 5) is 16.2. The van der Waals surface area contributed by atoms with Crippen LogP contribution in [0.25, 0.3) is 0 Å². The van der Waals surface area contributed by atoms with E-state index in [1.807, 2.05) is 6.07 Å². The molecule has 0 heterocycles. The van der Waals surface area contributed by atoms with Gasteiger partial charge < -0.3 is 4.84 Å². The van der Waals surface area contributed by atoms with E-state index in [2.05, 4.69) is 9.99 Å². The van der Waals surface area contributed by atoms with Crippen LogP contribution < -0.4 is 5.14 Å². The van der Waals surface area contributed by atoms with Gasteiger partial charge in [-0.3, -0.25) is 0 Å². The lowest BCUT2D eigenvalue weighted by Crippen LogP contribution is -2.14. The van der Waals surface area contributed by atoms with E-state index in [4.69, 9.17) is 33.6 Å². The highest BCUT2D eigenvalue weighted by Gasteiger charge is 2.21. The summed E-state index contributed by atoms with van der Waals surface area (Å²) in [5, 5.41) is 17.1. The Kier molecular flexibility index (Phi) is 5.77. The molecule has 0 aromatic heterocycles. The summed E-state index contributed by atoms with van der Waals surface area (Å²) < 4.78 is 22.9. The average Bonchev–Trinajstić information content (AvgIpc) is 2.54. The Hall–Kier alpha value is -2.44. The lowest BCUT2D eigenvalue weighted by Gasteiger charge is -2.06. The van der Waals surface area contributed by atoms with E-state index in [1.165, 1.54) is 6.21 Å². The molecule has 0 unspecified atom stereocenters. The van der Waals surface area contributed by atoms with Gasteiger partial charge in [0.25, 0.3) is 0 Å². The number of benzene rings is 2. The molecular formula is C15H9Cl2N3O4S. The number of rotatable bonds is 4. The highest BCUT2D eigenvalue weighted by Crippen LogP contribution is 2.28. The second kappa shape index (κ2) is 7.63. The van der Waals surface area contributed by atoms with E-state index >= 15 is 0 Å². The van der Waals surface area contributed by atoms with E-state index in [-0.39, 0.29) is 15.6 Å². The lowest BCUT2D eigenvalue weighted by molar-refractivity contribution is 0.0519. The minimum Gasteiger partial charge on any atom is -0.313 e. The second-order valence-corrected chi connectivity index (χ2v) is 6.96. The molecule has 0 aliphatic carbocycles. The van der Waals surface area contributed by atoms with Crippen molar-refractivity contribution in [2.75, 3.05) is 0 Å². The number of oxime groups is 1. The maximum atomic E-state index is 12.0. The number of hydrogen-bond donors (Lipinski definition) is 1. The van der Waals surface area contributed by atoms with E-state index in [0.29, 0.717) is 11.1 Å². The third kappa shape index (κ3) is 4.55. The Morgan fingerprint density at radius 2 is 1.92 bits per heavy atom. The minimum atomic E-state index is -4.15. The van der Waals surface area contributed by atoms with Crippen LogP contribution in [0, 0.1) is 11.3 Å². The molecule has 0 aliphatic rings. The quantitative estimate of drug-likeness (QED) is 0.482. The number of nitrogens with two attached hydrogens (primary N) is 1. The Labute approximate surface area is 153 Å². The van der Waals surface area contributed by atoms with Crippen LogP contribution in [0.5, 0.6) is 0 Å². The Morgan fingerprint density at radius 3 is 2.56 bits per heavy atom. The normalized spacial score (nSPS) is 11.3. The van der Waals surface area contributed by atoms with Crippen LogP contribution in [-0.2, 0) is 14.9 Å². The molecule has 0 saturated heterocycles. The first kappa shape index (κ1) is 18.9. The van der Waals surface area contributed by atoms with Gasteiger partial charge in [0, 0.05) is 5.56 Å². The van der Waals surface area contributed by atoms with Crippen molar-refractivity contribution in [1.29, 1.82) is 5.26 Å². The summed E-state index contributed by atoms with van der Waals surface area (Å²) in [6.07, 6.45) is 1.17. The Balaban J connectivity index is 2.27. The molecule has 25 heavy (non-hydrogen) atoms. The van der Waals surface area contributed by atoms with Crippen molar-refractivity contribution in [3.8, 4) is 6.07 Å². The third-order valence-corrected chi connectivity index (χ3v) is 4.64. The number of nitrogens with zero attached hydrogens (tertiary/aromatic N) is 2. The fourth-order valence-electron chi connectivity index (χ4n) is 1.80. The van der Waals surface area contributed by atoms with Gasteiger partial charge in [-0.25, -0.2) is 18.4 Å². The number of carbonyl (C=O) groups excluding carboxylic acids is 1. The van der Waals surface area contributed by atoms with Crippen LogP contribution in [0.2, 0.25) is 10.0 Å². The highest BCUT2D eigenvalue weighted by atomic mass is 35.5. The predicted octanol–water partition coefficient (Wildman–Crippen LogP) is 2.70. The molecule has 2 N–H and O–H groups in total. The minimum absolute atomic E-state index is 0.130. The summed E-state index contributed by atoms with van der Waals surface area (Å²) in [6.45, 7) is 0. The topological polar surface area (TPSA) is 123 Å². The maximum Gasteiger partial charge on any atom is 0.367 e. The molecular weight excluding hydrogens is 389 g/mol.